The quantitative estimate of drug-likeness (QED) is 0.586. The average Bonchev–Trinajstić information content (AvgIpc) is 3.45. The Bertz CT molecular complexity index is 1160. The zero-order chi connectivity index (χ0) is 24.6. The highest BCUT2D eigenvalue weighted by Crippen LogP contribution is 2.37. The molecule has 35 heavy (non-hydrogen) atoms. The van der Waals surface area contributed by atoms with E-state index in [0.717, 1.165) is 31.4 Å². The van der Waals surface area contributed by atoms with E-state index in [1.807, 2.05) is 62.2 Å². The minimum atomic E-state index is -0.485. The van der Waals surface area contributed by atoms with Crippen LogP contribution in [0.2, 0.25) is 0 Å². The third kappa shape index (κ3) is 4.91. The summed E-state index contributed by atoms with van der Waals surface area (Å²) >= 11 is 0. The second-order valence-electron chi connectivity index (χ2n) is 10.1. The number of nitrogens with one attached hydrogen (secondary N) is 1. The zero-order valence-corrected chi connectivity index (χ0v) is 20.5. The van der Waals surface area contributed by atoms with Gasteiger partial charge in [-0.2, -0.15) is 5.10 Å². The number of ether oxygens (including phenoxy) is 2. The SMILES string of the molecule is COc1nc(-c2ccc(NC3C[C@H]4CC[C@@H](C3)N4C(=O)OC(C)(C)C)nn2)ccc1-n1cccn1. The fraction of sp³-hybridized carbons (Fsp3) is 0.480. The van der Waals surface area contributed by atoms with Gasteiger partial charge in [-0.1, -0.05) is 0 Å². The van der Waals surface area contributed by atoms with Gasteiger partial charge in [0.2, 0.25) is 5.88 Å². The molecule has 10 heteroatoms. The molecule has 2 bridgehead atoms. The summed E-state index contributed by atoms with van der Waals surface area (Å²) in [7, 11) is 1.58. The first-order chi connectivity index (χ1) is 16.8. The molecule has 1 N–H and O–H groups in total. The number of piperidine rings is 1. The van der Waals surface area contributed by atoms with Crippen molar-refractivity contribution in [2.24, 2.45) is 0 Å². The predicted molar refractivity (Wildman–Crippen MR) is 130 cm³/mol. The lowest BCUT2D eigenvalue weighted by atomic mass is 9.97. The van der Waals surface area contributed by atoms with Gasteiger partial charge in [0, 0.05) is 30.5 Å². The van der Waals surface area contributed by atoms with E-state index in [1.54, 1.807) is 18.0 Å². The Morgan fingerprint density at radius 1 is 1.06 bits per heavy atom. The minimum absolute atomic E-state index is 0.193. The van der Waals surface area contributed by atoms with Crippen LogP contribution >= 0.6 is 0 Å². The summed E-state index contributed by atoms with van der Waals surface area (Å²) in [5, 5.41) is 16.5. The third-order valence-electron chi connectivity index (χ3n) is 6.40. The van der Waals surface area contributed by atoms with Crippen LogP contribution in [0, 0.1) is 0 Å². The third-order valence-corrected chi connectivity index (χ3v) is 6.40. The summed E-state index contributed by atoms with van der Waals surface area (Å²) in [6.07, 6.45) is 7.10. The van der Waals surface area contributed by atoms with E-state index in [2.05, 4.69) is 25.6 Å². The molecule has 1 unspecified atom stereocenters. The number of anilines is 1. The molecule has 2 aliphatic rings. The molecule has 5 rings (SSSR count). The van der Waals surface area contributed by atoms with Crippen LogP contribution in [-0.4, -0.2) is 66.8 Å². The molecule has 1 amide bonds. The summed E-state index contributed by atoms with van der Waals surface area (Å²) in [4.78, 5) is 19.2. The van der Waals surface area contributed by atoms with Gasteiger partial charge in [0.1, 0.15) is 22.8 Å². The van der Waals surface area contributed by atoms with Gasteiger partial charge in [-0.25, -0.2) is 14.5 Å². The number of carbonyl (C=O) groups excluding carboxylic acids is 1. The topological polar surface area (TPSA) is 107 Å². The Morgan fingerprint density at radius 2 is 1.80 bits per heavy atom. The molecule has 184 valence electrons. The van der Waals surface area contributed by atoms with Crippen LogP contribution in [0.3, 0.4) is 0 Å². The van der Waals surface area contributed by atoms with Gasteiger partial charge in [-0.15, -0.1) is 10.2 Å². The lowest BCUT2D eigenvalue weighted by Crippen LogP contribution is -2.51. The highest BCUT2D eigenvalue weighted by Gasteiger charge is 2.44. The van der Waals surface area contributed by atoms with Gasteiger partial charge in [0.25, 0.3) is 0 Å². The molecule has 2 fully saturated rings. The number of aromatic nitrogens is 5. The molecular weight excluding hydrogens is 446 g/mol. The highest BCUT2D eigenvalue weighted by molar-refractivity contribution is 5.70. The summed E-state index contributed by atoms with van der Waals surface area (Å²) < 4.78 is 12.8. The van der Waals surface area contributed by atoms with Crippen LogP contribution in [0.1, 0.15) is 46.5 Å². The number of nitrogens with zero attached hydrogens (tertiary/aromatic N) is 6. The van der Waals surface area contributed by atoms with E-state index < -0.39 is 5.60 Å². The van der Waals surface area contributed by atoms with E-state index in [-0.39, 0.29) is 24.2 Å². The molecule has 3 aromatic heterocycles. The van der Waals surface area contributed by atoms with Crippen molar-refractivity contribution in [1.29, 1.82) is 0 Å². The van der Waals surface area contributed by atoms with Crippen molar-refractivity contribution in [2.75, 3.05) is 12.4 Å². The normalized spacial score (nSPS) is 21.6. The smallest absolute Gasteiger partial charge is 0.410 e. The maximum absolute atomic E-state index is 12.7. The van der Waals surface area contributed by atoms with E-state index in [4.69, 9.17) is 9.47 Å². The number of methoxy groups -OCH3 is 1. The van der Waals surface area contributed by atoms with Crippen LogP contribution in [0.25, 0.3) is 17.1 Å². The zero-order valence-electron chi connectivity index (χ0n) is 20.5. The van der Waals surface area contributed by atoms with Crippen LogP contribution in [0.5, 0.6) is 5.88 Å². The number of rotatable bonds is 5. The van der Waals surface area contributed by atoms with Gasteiger partial charge < -0.3 is 19.7 Å². The maximum Gasteiger partial charge on any atom is 0.410 e. The van der Waals surface area contributed by atoms with Crippen LogP contribution in [0.15, 0.2) is 42.7 Å². The fourth-order valence-corrected chi connectivity index (χ4v) is 4.97. The molecule has 10 nitrogen and oxygen atoms in total. The summed E-state index contributed by atoms with van der Waals surface area (Å²) in [6.45, 7) is 5.72. The van der Waals surface area contributed by atoms with Gasteiger partial charge in [-0.3, -0.25) is 0 Å². The van der Waals surface area contributed by atoms with Gasteiger partial charge >= 0.3 is 6.09 Å². The van der Waals surface area contributed by atoms with E-state index in [9.17, 15) is 4.79 Å². The first-order valence-corrected chi connectivity index (χ1v) is 12.0. The molecule has 2 aliphatic heterocycles. The van der Waals surface area contributed by atoms with E-state index in [0.29, 0.717) is 23.1 Å². The molecule has 5 heterocycles. The molecule has 0 radical (unpaired) electrons. The van der Waals surface area contributed by atoms with Crippen molar-refractivity contribution in [3.05, 3.63) is 42.7 Å². The molecule has 0 aliphatic carbocycles. The standard InChI is InChI=1S/C25H31N7O3/c1-25(2,3)35-24(33)32-17-6-7-18(32)15-16(14-17)27-22-11-9-20(29-30-22)19-8-10-21(23(28-19)34-4)31-13-5-12-26-31/h5,8-13,16-18H,6-7,14-15H2,1-4H3,(H,27,30)/t16?,17-,18+. The highest BCUT2D eigenvalue weighted by atomic mass is 16.6. The molecule has 0 aromatic carbocycles. The first kappa shape index (κ1) is 23.1. The lowest BCUT2D eigenvalue weighted by Gasteiger charge is -2.39. The number of amides is 1. The summed E-state index contributed by atoms with van der Waals surface area (Å²) in [6, 6.07) is 10.1. The molecular formula is C25H31N7O3. The minimum Gasteiger partial charge on any atom is -0.479 e. The summed E-state index contributed by atoms with van der Waals surface area (Å²) in [5.74, 6) is 1.17. The van der Waals surface area contributed by atoms with Crippen molar-refractivity contribution in [2.45, 2.75) is 70.2 Å². The largest absolute Gasteiger partial charge is 0.479 e. The van der Waals surface area contributed by atoms with E-state index in [1.165, 1.54) is 0 Å². The Kier molecular flexibility index (Phi) is 6.04. The monoisotopic (exact) mass is 477 g/mol. The number of carbonyl (C=O) groups is 1. The predicted octanol–water partition coefficient (Wildman–Crippen LogP) is 4.08. The molecule has 0 spiro atoms. The van der Waals surface area contributed by atoms with E-state index >= 15 is 0 Å². The first-order valence-electron chi connectivity index (χ1n) is 12.0. The fourth-order valence-electron chi connectivity index (χ4n) is 4.97. The van der Waals surface area contributed by atoms with Crippen molar-refractivity contribution in [3.8, 4) is 23.0 Å². The lowest BCUT2D eigenvalue weighted by molar-refractivity contribution is 0.00682. The maximum atomic E-state index is 12.7. The summed E-state index contributed by atoms with van der Waals surface area (Å²) in [5.41, 5.74) is 1.59. The Balaban J connectivity index is 1.24. The average molecular weight is 478 g/mol. The Morgan fingerprint density at radius 3 is 2.40 bits per heavy atom. The second-order valence-corrected chi connectivity index (χ2v) is 10.1. The Labute approximate surface area is 204 Å². The number of hydrogen-bond donors (Lipinski definition) is 1. The van der Waals surface area contributed by atoms with Gasteiger partial charge in [0.15, 0.2) is 0 Å². The van der Waals surface area contributed by atoms with Crippen molar-refractivity contribution in [3.63, 3.8) is 0 Å². The number of pyridine rings is 1. The van der Waals surface area contributed by atoms with Gasteiger partial charge in [-0.05, 0) is 76.8 Å². The van der Waals surface area contributed by atoms with Crippen LogP contribution in [0.4, 0.5) is 10.6 Å². The van der Waals surface area contributed by atoms with Crippen molar-refractivity contribution >= 4 is 11.9 Å². The van der Waals surface area contributed by atoms with Crippen LogP contribution < -0.4 is 10.1 Å². The van der Waals surface area contributed by atoms with Crippen molar-refractivity contribution < 1.29 is 14.3 Å². The van der Waals surface area contributed by atoms with Crippen LogP contribution in [-0.2, 0) is 4.74 Å². The molecule has 3 atom stereocenters. The van der Waals surface area contributed by atoms with Gasteiger partial charge in [0.05, 0.1) is 12.8 Å². The second kappa shape index (κ2) is 9.16. The Hall–Kier alpha value is -3.69. The number of fused-ring (bicyclic) bond motifs is 2. The molecule has 0 saturated carbocycles. The van der Waals surface area contributed by atoms with Crippen molar-refractivity contribution in [1.82, 2.24) is 29.9 Å². The number of hydrogen-bond acceptors (Lipinski definition) is 8. The molecule has 3 aromatic rings. The molecule has 2 saturated heterocycles.